The van der Waals surface area contributed by atoms with E-state index in [-0.39, 0.29) is 11.2 Å². The standard InChI is InChI=1S/C19H23NO3/c1-19-8-7-14-13-6-4-12(21)9-11(13)3-5-15(14)16(19)10-17(18(19)22)20-23-2/h4,6,9,14-16,21H,3,5,7-8,10H2,1-2H3/b20-17+/t14-,15-,16+,19+/m1/s1. The molecule has 0 aliphatic heterocycles. The van der Waals surface area contributed by atoms with Crippen molar-refractivity contribution >= 4 is 11.5 Å². The van der Waals surface area contributed by atoms with Crippen LogP contribution in [0.15, 0.2) is 23.4 Å². The Bertz CT molecular complexity index is 696. The van der Waals surface area contributed by atoms with Gasteiger partial charge in [0.15, 0.2) is 5.78 Å². The van der Waals surface area contributed by atoms with Crippen molar-refractivity contribution in [1.82, 2.24) is 0 Å². The summed E-state index contributed by atoms with van der Waals surface area (Å²) in [6.07, 6.45) is 4.79. The van der Waals surface area contributed by atoms with Gasteiger partial charge in [0.25, 0.3) is 0 Å². The van der Waals surface area contributed by atoms with Gasteiger partial charge >= 0.3 is 0 Å². The molecule has 4 rings (SSSR count). The summed E-state index contributed by atoms with van der Waals surface area (Å²) in [7, 11) is 1.51. The number of Topliss-reactive ketones (excluding diaryl/α,β-unsaturated/α-hetero) is 1. The third-order valence-corrected chi connectivity index (χ3v) is 6.50. The predicted molar refractivity (Wildman–Crippen MR) is 87.6 cm³/mol. The van der Waals surface area contributed by atoms with Crippen LogP contribution in [0.2, 0.25) is 0 Å². The van der Waals surface area contributed by atoms with Crippen LogP contribution in [0.4, 0.5) is 0 Å². The Kier molecular flexibility index (Phi) is 3.26. The van der Waals surface area contributed by atoms with Crippen molar-refractivity contribution in [3.05, 3.63) is 29.3 Å². The van der Waals surface area contributed by atoms with Gasteiger partial charge in [0.2, 0.25) is 0 Å². The molecule has 23 heavy (non-hydrogen) atoms. The Hall–Kier alpha value is -1.84. The van der Waals surface area contributed by atoms with E-state index in [1.165, 1.54) is 18.2 Å². The Balaban J connectivity index is 1.71. The van der Waals surface area contributed by atoms with Gasteiger partial charge in [-0.2, -0.15) is 0 Å². The van der Waals surface area contributed by atoms with E-state index in [0.717, 1.165) is 32.1 Å². The Morgan fingerprint density at radius 2 is 2.17 bits per heavy atom. The van der Waals surface area contributed by atoms with Crippen molar-refractivity contribution in [3.8, 4) is 5.75 Å². The number of rotatable bonds is 1. The summed E-state index contributed by atoms with van der Waals surface area (Å²) in [6, 6.07) is 5.80. The highest BCUT2D eigenvalue weighted by molar-refractivity contribution is 6.43. The molecule has 3 aliphatic rings. The molecule has 0 unspecified atom stereocenters. The van der Waals surface area contributed by atoms with Crippen molar-refractivity contribution in [2.75, 3.05) is 7.11 Å². The molecule has 1 N–H and O–H groups in total. The zero-order chi connectivity index (χ0) is 16.2. The smallest absolute Gasteiger partial charge is 0.186 e. The fourth-order valence-corrected chi connectivity index (χ4v) is 5.37. The summed E-state index contributed by atoms with van der Waals surface area (Å²) in [6.45, 7) is 2.13. The molecule has 2 saturated carbocycles. The normalized spacial score (nSPS) is 37.2. The van der Waals surface area contributed by atoms with Crippen molar-refractivity contribution in [3.63, 3.8) is 0 Å². The summed E-state index contributed by atoms with van der Waals surface area (Å²) in [4.78, 5) is 17.7. The topological polar surface area (TPSA) is 58.9 Å². The molecule has 0 radical (unpaired) electrons. The fraction of sp³-hybridized carbons (Fsp3) is 0.579. The fourth-order valence-electron chi connectivity index (χ4n) is 5.37. The number of carbonyl (C=O) groups is 1. The van der Waals surface area contributed by atoms with Gasteiger partial charge in [-0.1, -0.05) is 18.1 Å². The third kappa shape index (κ3) is 2.03. The summed E-state index contributed by atoms with van der Waals surface area (Å²) >= 11 is 0. The van der Waals surface area contributed by atoms with Crippen LogP contribution in [0.1, 0.15) is 49.7 Å². The molecule has 1 aromatic rings. The second kappa shape index (κ2) is 5.08. The number of oxime groups is 1. The SMILES string of the molecule is CO/N=C1\C[C@H]2[C@@H]3CCc4cc(O)ccc4[C@H]3CC[C@]2(C)C1=O. The molecule has 0 spiro atoms. The highest BCUT2D eigenvalue weighted by atomic mass is 16.6. The first-order valence-electron chi connectivity index (χ1n) is 8.51. The molecule has 0 bridgehead atoms. The van der Waals surface area contributed by atoms with E-state index in [1.54, 1.807) is 6.07 Å². The van der Waals surface area contributed by atoms with Crippen molar-refractivity contribution in [2.45, 2.75) is 44.9 Å². The second-order valence-electron chi connectivity index (χ2n) is 7.51. The van der Waals surface area contributed by atoms with Crippen LogP contribution >= 0.6 is 0 Å². The average molecular weight is 313 g/mol. The van der Waals surface area contributed by atoms with E-state index in [0.29, 0.717) is 29.2 Å². The van der Waals surface area contributed by atoms with E-state index < -0.39 is 0 Å². The Morgan fingerprint density at radius 3 is 2.96 bits per heavy atom. The van der Waals surface area contributed by atoms with Gasteiger partial charge in [-0.25, -0.2) is 0 Å². The monoisotopic (exact) mass is 313 g/mol. The quantitative estimate of drug-likeness (QED) is 0.808. The van der Waals surface area contributed by atoms with E-state index in [2.05, 4.69) is 18.1 Å². The first-order chi connectivity index (χ1) is 11.0. The largest absolute Gasteiger partial charge is 0.508 e. The molecule has 0 amide bonds. The Labute approximate surface area is 136 Å². The molecule has 122 valence electrons. The average Bonchev–Trinajstić information content (AvgIpc) is 2.79. The summed E-state index contributed by atoms with van der Waals surface area (Å²) in [5, 5.41) is 13.7. The second-order valence-corrected chi connectivity index (χ2v) is 7.51. The molecular weight excluding hydrogens is 290 g/mol. The zero-order valence-electron chi connectivity index (χ0n) is 13.7. The van der Waals surface area contributed by atoms with E-state index >= 15 is 0 Å². The highest BCUT2D eigenvalue weighted by Crippen LogP contribution is 2.59. The van der Waals surface area contributed by atoms with E-state index in [1.807, 2.05) is 6.07 Å². The number of nitrogens with zero attached hydrogens (tertiary/aromatic N) is 1. The minimum atomic E-state index is -0.271. The molecule has 4 heteroatoms. The first kappa shape index (κ1) is 14.7. The number of aryl methyl sites for hydroxylation is 1. The maximum atomic E-state index is 12.8. The summed E-state index contributed by atoms with van der Waals surface area (Å²) in [5.41, 5.74) is 3.01. The number of hydrogen-bond acceptors (Lipinski definition) is 4. The molecule has 4 nitrogen and oxygen atoms in total. The lowest BCUT2D eigenvalue weighted by molar-refractivity contribution is -0.125. The highest BCUT2D eigenvalue weighted by Gasteiger charge is 2.57. The number of ketones is 1. The van der Waals surface area contributed by atoms with Crippen molar-refractivity contribution in [2.24, 2.45) is 22.4 Å². The molecule has 0 aromatic heterocycles. The predicted octanol–water partition coefficient (Wildman–Crippen LogP) is 3.43. The van der Waals surface area contributed by atoms with Crippen LogP contribution in [0.25, 0.3) is 0 Å². The maximum Gasteiger partial charge on any atom is 0.186 e. The number of aromatic hydroxyl groups is 1. The minimum Gasteiger partial charge on any atom is -0.508 e. The minimum absolute atomic E-state index is 0.194. The molecule has 1 aromatic carbocycles. The van der Waals surface area contributed by atoms with Crippen LogP contribution < -0.4 is 0 Å². The van der Waals surface area contributed by atoms with Gasteiger partial charge in [0, 0.05) is 11.8 Å². The van der Waals surface area contributed by atoms with E-state index in [4.69, 9.17) is 4.84 Å². The number of phenolic OH excluding ortho intramolecular Hbond substituents is 1. The van der Waals surface area contributed by atoms with Gasteiger partial charge in [-0.05, 0) is 66.7 Å². The molecule has 0 heterocycles. The Morgan fingerprint density at radius 1 is 1.35 bits per heavy atom. The van der Waals surface area contributed by atoms with Gasteiger partial charge in [-0.3, -0.25) is 4.79 Å². The molecule has 2 fully saturated rings. The lowest BCUT2D eigenvalue weighted by atomic mass is 9.55. The van der Waals surface area contributed by atoms with Gasteiger partial charge in [0.1, 0.15) is 18.6 Å². The third-order valence-electron chi connectivity index (χ3n) is 6.50. The first-order valence-corrected chi connectivity index (χ1v) is 8.51. The van der Waals surface area contributed by atoms with Gasteiger partial charge < -0.3 is 9.94 Å². The number of benzene rings is 1. The summed E-state index contributed by atoms with van der Waals surface area (Å²) in [5.74, 6) is 1.95. The lowest BCUT2D eigenvalue weighted by Gasteiger charge is -2.47. The maximum absolute atomic E-state index is 12.8. The number of fused-ring (bicyclic) bond motifs is 5. The molecule has 3 aliphatic carbocycles. The molecular formula is C19H23NO3. The van der Waals surface area contributed by atoms with E-state index in [9.17, 15) is 9.90 Å². The van der Waals surface area contributed by atoms with Crippen molar-refractivity contribution < 1.29 is 14.7 Å². The number of phenols is 1. The van der Waals surface area contributed by atoms with Gasteiger partial charge in [-0.15, -0.1) is 0 Å². The summed E-state index contributed by atoms with van der Waals surface area (Å²) < 4.78 is 0. The van der Waals surface area contributed by atoms with Gasteiger partial charge in [0.05, 0.1) is 0 Å². The lowest BCUT2D eigenvalue weighted by Crippen LogP contribution is -2.42. The van der Waals surface area contributed by atoms with Crippen LogP contribution in [-0.2, 0) is 16.1 Å². The van der Waals surface area contributed by atoms with Crippen LogP contribution in [-0.4, -0.2) is 23.7 Å². The molecule has 4 atom stereocenters. The van der Waals surface area contributed by atoms with Crippen LogP contribution in [0.5, 0.6) is 5.75 Å². The zero-order valence-corrected chi connectivity index (χ0v) is 13.7. The number of carbonyl (C=O) groups excluding carboxylic acids is 1. The van der Waals surface area contributed by atoms with Crippen molar-refractivity contribution in [1.29, 1.82) is 0 Å². The van der Waals surface area contributed by atoms with Crippen LogP contribution in [0.3, 0.4) is 0 Å². The molecule has 0 saturated heterocycles. The van der Waals surface area contributed by atoms with Crippen LogP contribution in [0, 0.1) is 17.3 Å². The number of hydrogen-bond donors (Lipinski definition) is 1.